The van der Waals surface area contributed by atoms with Gasteiger partial charge in [-0.05, 0) is 54.2 Å². The summed E-state index contributed by atoms with van der Waals surface area (Å²) >= 11 is 0. The molecule has 3 aromatic rings. The zero-order valence-electron chi connectivity index (χ0n) is 20.3. The van der Waals surface area contributed by atoms with Crippen LogP contribution in [0.1, 0.15) is 50.9 Å². The van der Waals surface area contributed by atoms with Gasteiger partial charge in [-0.25, -0.2) is 9.97 Å². The van der Waals surface area contributed by atoms with Gasteiger partial charge in [0.05, 0.1) is 17.4 Å². The SMILES string of the molecule is CC(C)(C)c1ccc2c(c1)N(CC(=O)N1CCCC1c1ccnc(-c3ccccn3)n1)C(=O)CO2. The molecule has 0 saturated carbocycles. The molecule has 8 nitrogen and oxygen atoms in total. The fourth-order valence-corrected chi connectivity index (χ4v) is 4.62. The number of amides is 2. The van der Waals surface area contributed by atoms with E-state index in [1.54, 1.807) is 17.3 Å². The van der Waals surface area contributed by atoms with Crippen LogP contribution in [0.2, 0.25) is 0 Å². The Kier molecular flexibility index (Phi) is 5.96. The van der Waals surface area contributed by atoms with E-state index in [0.717, 1.165) is 24.1 Å². The molecule has 8 heteroatoms. The van der Waals surface area contributed by atoms with Crippen LogP contribution in [0.5, 0.6) is 5.75 Å². The molecule has 0 radical (unpaired) electrons. The lowest BCUT2D eigenvalue weighted by Crippen LogP contribution is -2.46. The minimum Gasteiger partial charge on any atom is -0.482 e. The van der Waals surface area contributed by atoms with Gasteiger partial charge < -0.3 is 9.64 Å². The maximum Gasteiger partial charge on any atom is 0.265 e. The predicted molar refractivity (Wildman–Crippen MR) is 132 cm³/mol. The average Bonchev–Trinajstić information content (AvgIpc) is 3.36. The second-order valence-electron chi connectivity index (χ2n) is 9.97. The molecule has 0 aliphatic carbocycles. The van der Waals surface area contributed by atoms with Crippen LogP contribution in [0.25, 0.3) is 11.5 Å². The van der Waals surface area contributed by atoms with E-state index in [4.69, 9.17) is 9.72 Å². The molecular formula is C27H29N5O3. The Morgan fingerprint density at radius 2 is 1.97 bits per heavy atom. The topological polar surface area (TPSA) is 88.5 Å². The summed E-state index contributed by atoms with van der Waals surface area (Å²) in [6.07, 6.45) is 5.11. The summed E-state index contributed by atoms with van der Waals surface area (Å²) in [5.74, 6) is 0.841. The lowest BCUT2D eigenvalue weighted by atomic mass is 9.86. The van der Waals surface area contributed by atoms with Gasteiger partial charge in [0.1, 0.15) is 18.0 Å². The minimum atomic E-state index is -0.216. The van der Waals surface area contributed by atoms with Gasteiger partial charge >= 0.3 is 0 Å². The van der Waals surface area contributed by atoms with Gasteiger partial charge in [-0.1, -0.05) is 32.9 Å². The lowest BCUT2D eigenvalue weighted by molar-refractivity contribution is -0.132. The number of pyridine rings is 1. The molecule has 0 spiro atoms. The number of carbonyl (C=O) groups is 2. The van der Waals surface area contributed by atoms with E-state index in [1.807, 2.05) is 47.4 Å². The molecule has 0 N–H and O–H groups in total. The van der Waals surface area contributed by atoms with Crippen molar-refractivity contribution in [3.63, 3.8) is 0 Å². The fraction of sp³-hybridized carbons (Fsp3) is 0.370. The van der Waals surface area contributed by atoms with Gasteiger partial charge in [0.15, 0.2) is 12.4 Å². The highest BCUT2D eigenvalue weighted by molar-refractivity contribution is 6.02. The van der Waals surface area contributed by atoms with Gasteiger partial charge in [-0.15, -0.1) is 0 Å². The lowest BCUT2D eigenvalue weighted by Gasteiger charge is -2.33. The van der Waals surface area contributed by atoms with E-state index in [0.29, 0.717) is 29.5 Å². The van der Waals surface area contributed by atoms with E-state index in [2.05, 4.69) is 30.7 Å². The van der Waals surface area contributed by atoms with Crippen molar-refractivity contribution in [1.82, 2.24) is 19.9 Å². The molecule has 2 aliphatic heterocycles. The van der Waals surface area contributed by atoms with E-state index < -0.39 is 0 Å². The number of likely N-dealkylation sites (tertiary alicyclic amines) is 1. The van der Waals surface area contributed by atoms with Crippen LogP contribution in [-0.4, -0.2) is 51.4 Å². The summed E-state index contributed by atoms with van der Waals surface area (Å²) in [7, 11) is 0. The molecule has 180 valence electrons. The Labute approximate surface area is 205 Å². The molecule has 5 rings (SSSR count). The van der Waals surface area contributed by atoms with Gasteiger partial charge in [-0.2, -0.15) is 0 Å². The molecule has 2 aromatic heterocycles. The highest BCUT2D eigenvalue weighted by Gasteiger charge is 2.35. The highest BCUT2D eigenvalue weighted by atomic mass is 16.5. The van der Waals surface area contributed by atoms with Crippen LogP contribution in [-0.2, 0) is 15.0 Å². The second-order valence-corrected chi connectivity index (χ2v) is 9.97. The third-order valence-corrected chi connectivity index (χ3v) is 6.55. The number of rotatable bonds is 4. The molecule has 1 atom stereocenters. The smallest absolute Gasteiger partial charge is 0.265 e. The van der Waals surface area contributed by atoms with Crippen molar-refractivity contribution >= 4 is 17.5 Å². The third-order valence-electron chi connectivity index (χ3n) is 6.55. The maximum atomic E-state index is 13.5. The van der Waals surface area contributed by atoms with Crippen LogP contribution in [0.15, 0.2) is 54.9 Å². The molecule has 1 fully saturated rings. The Morgan fingerprint density at radius 3 is 2.74 bits per heavy atom. The zero-order chi connectivity index (χ0) is 24.6. The minimum absolute atomic E-state index is 0.0303. The normalized spacial score (nSPS) is 17.8. The molecule has 1 unspecified atom stereocenters. The maximum absolute atomic E-state index is 13.5. The zero-order valence-corrected chi connectivity index (χ0v) is 20.3. The van der Waals surface area contributed by atoms with Crippen LogP contribution in [0.3, 0.4) is 0 Å². The van der Waals surface area contributed by atoms with Crippen LogP contribution in [0.4, 0.5) is 5.69 Å². The number of fused-ring (bicyclic) bond motifs is 1. The van der Waals surface area contributed by atoms with Crippen molar-refractivity contribution in [2.24, 2.45) is 0 Å². The third kappa shape index (κ3) is 4.60. The van der Waals surface area contributed by atoms with Gasteiger partial charge in [0.25, 0.3) is 5.91 Å². The molecule has 4 heterocycles. The average molecular weight is 472 g/mol. The number of ether oxygens (including phenoxy) is 1. The van der Waals surface area contributed by atoms with Crippen LogP contribution in [0, 0.1) is 0 Å². The summed E-state index contributed by atoms with van der Waals surface area (Å²) in [6.45, 7) is 6.87. The highest BCUT2D eigenvalue weighted by Crippen LogP contribution is 2.37. The largest absolute Gasteiger partial charge is 0.482 e. The number of hydrogen-bond donors (Lipinski definition) is 0. The summed E-state index contributed by atoms with van der Waals surface area (Å²) < 4.78 is 5.65. The van der Waals surface area contributed by atoms with E-state index in [1.165, 1.54) is 0 Å². The Bertz CT molecular complexity index is 1260. The van der Waals surface area contributed by atoms with Crippen LogP contribution < -0.4 is 9.64 Å². The van der Waals surface area contributed by atoms with E-state index in [-0.39, 0.29) is 36.4 Å². The van der Waals surface area contributed by atoms with Crippen molar-refractivity contribution in [2.75, 3.05) is 24.6 Å². The van der Waals surface area contributed by atoms with Gasteiger partial charge in [-0.3, -0.25) is 19.5 Å². The number of anilines is 1. The first-order chi connectivity index (χ1) is 16.8. The second kappa shape index (κ2) is 9.09. The first-order valence-corrected chi connectivity index (χ1v) is 11.9. The number of benzene rings is 1. The molecule has 1 aromatic carbocycles. The monoisotopic (exact) mass is 471 g/mol. The Balaban J connectivity index is 1.39. The Hall–Kier alpha value is -3.81. The predicted octanol–water partition coefficient (Wildman–Crippen LogP) is 3.93. The summed E-state index contributed by atoms with van der Waals surface area (Å²) in [4.78, 5) is 43.2. The molecular weight excluding hydrogens is 442 g/mol. The van der Waals surface area contributed by atoms with Crippen LogP contribution >= 0.6 is 0 Å². The molecule has 0 bridgehead atoms. The van der Waals surface area contributed by atoms with E-state index >= 15 is 0 Å². The number of aromatic nitrogens is 3. The van der Waals surface area contributed by atoms with E-state index in [9.17, 15) is 9.59 Å². The Morgan fingerprint density at radius 1 is 1.11 bits per heavy atom. The van der Waals surface area contributed by atoms with Gasteiger partial charge in [0.2, 0.25) is 5.91 Å². The molecule has 35 heavy (non-hydrogen) atoms. The fourth-order valence-electron chi connectivity index (χ4n) is 4.62. The number of nitrogens with zero attached hydrogens (tertiary/aromatic N) is 5. The molecule has 2 aliphatic rings. The van der Waals surface area contributed by atoms with Crippen molar-refractivity contribution < 1.29 is 14.3 Å². The first-order valence-electron chi connectivity index (χ1n) is 11.9. The van der Waals surface area contributed by atoms with Gasteiger partial charge in [0, 0.05) is 18.9 Å². The molecule has 2 amide bonds. The summed E-state index contributed by atoms with van der Waals surface area (Å²) in [6, 6.07) is 13.2. The summed E-state index contributed by atoms with van der Waals surface area (Å²) in [5.41, 5.74) is 3.11. The molecule has 1 saturated heterocycles. The van der Waals surface area contributed by atoms with Crippen molar-refractivity contribution in [3.05, 3.63) is 66.1 Å². The number of carbonyl (C=O) groups excluding carboxylic acids is 2. The summed E-state index contributed by atoms with van der Waals surface area (Å²) in [5, 5.41) is 0. The van der Waals surface area contributed by atoms with Crippen molar-refractivity contribution in [2.45, 2.75) is 45.1 Å². The quantitative estimate of drug-likeness (QED) is 0.573. The van der Waals surface area contributed by atoms with Crippen molar-refractivity contribution in [3.8, 4) is 17.3 Å². The van der Waals surface area contributed by atoms with Crippen molar-refractivity contribution in [1.29, 1.82) is 0 Å². The standard InChI is InChI=1S/C27H29N5O3/c1-27(2,3)18-9-10-23-22(15-18)32(25(34)17-35-23)16-24(33)31-14-6-8-21(31)19-11-13-29-26(30-19)20-7-4-5-12-28-20/h4-5,7,9-13,15,21H,6,8,14,16-17H2,1-3H3. The first kappa shape index (κ1) is 23.0. The number of hydrogen-bond acceptors (Lipinski definition) is 6.